The first-order valence-corrected chi connectivity index (χ1v) is 18.6. The Balaban J connectivity index is 1.41. The second kappa shape index (κ2) is 15.5. The first kappa shape index (κ1) is 36.5. The Hall–Kier alpha value is -4.28. The van der Waals surface area contributed by atoms with Crippen LogP contribution in [0.3, 0.4) is 0 Å². The molecule has 1 aliphatic rings. The standard InChI is InChI=1S/C34H27BrCl2N6O6S2/c1-4-6-23-28(32(45)49-5-2)29(18-8-11-25(48-3)21(35)15-18)42-31(44)27(51-34(42)38-23)14-17-7-12-26(24(13-17)43(46)47)50-33-39-30(40-41-33)20-10-9-19(36)16-22(20)37/h7-16,29H,4-6H2,1-3H3,(H,39,40,41)/b27-14+/t29-/m0/s1. The van der Waals surface area contributed by atoms with Crippen molar-refractivity contribution in [2.45, 2.75) is 42.8 Å². The highest BCUT2D eigenvalue weighted by molar-refractivity contribution is 9.10. The Kier molecular flexibility index (Phi) is 11.1. The summed E-state index contributed by atoms with van der Waals surface area (Å²) in [6, 6.07) is 14.1. The van der Waals surface area contributed by atoms with Crippen molar-refractivity contribution in [2.24, 2.45) is 4.99 Å². The van der Waals surface area contributed by atoms with Crippen LogP contribution in [0.1, 0.15) is 43.9 Å². The Morgan fingerprint density at radius 2 is 1.98 bits per heavy atom. The highest BCUT2D eigenvalue weighted by atomic mass is 79.9. The number of carbonyl (C=O) groups excluding carboxylic acids is 1. The summed E-state index contributed by atoms with van der Waals surface area (Å²) >= 11 is 18.0. The summed E-state index contributed by atoms with van der Waals surface area (Å²) in [4.78, 5) is 49.3. The number of allylic oxidation sites excluding steroid dienone is 1. The first-order valence-electron chi connectivity index (χ1n) is 15.4. The number of nitrogens with zero attached hydrogens (tertiary/aromatic N) is 5. The first-order chi connectivity index (χ1) is 24.5. The average Bonchev–Trinajstić information content (AvgIpc) is 3.68. The third kappa shape index (κ3) is 7.53. The van der Waals surface area contributed by atoms with Crippen molar-refractivity contribution >= 4 is 80.0 Å². The summed E-state index contributed by atoms with van der Waals surface area (Å²) in [5.74, 6) is 0.399. The fourth-order valence-electron chi connectivity index (χ4n) is 5.49. The summed E-state index contributed by atoms with van der Waals surface area (Å²) in [7, 11) is 1.55. The van der Waals surface area contributed by atoms with Gasteiger partial charge >= 0.3 is 5.97 Å². The van der Waals surface area contributed by atoms with Crippen LogP contribution in [0, 0.1) is 10.1 Å². The molecule has 12 nitrogen and oxygen atoms in total. The number of fused-ring (bicyclic) bond motifs is 1. The molecule has 0 fully saturated rings. The van der Waals surface area contributed by atoms with E-state index in [1.807, 2.05) is 6.92 Å². The number of carbonyl (C=O) groups is 1. The molecular formula is C34H27BrCl2N6O6S2. The topological polar surface area (TPSA) is 155 Å². The van der Waals surface area contributed by atoms with Crippen molar-refractivity contribution in [3.05, 3.63) is 121 Å². The maximum atomic E-state index is 14.2. The van der Waals surface area contributed by atoms with Gasteiger partial charge in [-0.3, -0.25) is 24.6 Å². The predicted molar refractivity (Wildman–Crippen MR) is 199 cm³/mol. The van der Waals surface area contributed by atoms with Gasteiger partial charge in [-0.05, 0) is 94.6 Å². The van der Waals surface area contributed by atoms with Crippen molar-refractivity contribution in [3.63, 3.8) is 0 Å². The molecule has 1 N–H and O–H groups in total. The van der Waals surface area contributed by atoms with Crippen molar-refractivity contribution in [1.29, 1.82) is 0 Å². The number of nitrogens with one attached hydrogen (secondary N) is 1. The van der Waals surface area contributed by atoms with Crippen molar-refractivity contribution < 1.29 is 19.2 Å². The number of halogens is 3. The molecule has 1 aliphatic heterocycles. The number of nitro groups is 1. The number of hydrogen-bond donors (Lipinski definition) is 1. The van der Waals surface area contributed by atoms with Crippen molar-refractivity contribution in [2.75, 3.05) is 13.7 Å². The number of ether oxygens (including phenoxy) is 2. The van der Waals surface area contributed by atoms with Gasteiger partial charge in [-0.1, -0.05) is 60.0 Å². The van der Waals surface area contributed by atoms with Gasteiger partial charge in [0.2, 0.25) is 5.16 Å². The van der Waals surface area contributed by atoms with Crippen molar-refractivity contribution in [1.82, 2.24) is 19.7 Å². The third-order valence-corrected chi connectivity index (χ3v) is 10.8. The van der Waals surface area contributed by atoms with Crippen LogP contribution in [-0.2, 0) is 9.53 Å². The number of benzene rings is 3. The van der Waals surface area contributed by atoms with Crippen LogP contribution in [0.5, 0.6) is 5.75 Å². The van der Waals surface area contributed by atoms with Crippen LogP contribution < -0.4 is 19.6 Å². The number of aromatic amines is 1. The Labute approximate surface area is 317 Å². The lowest BCUT2D eigenvalue weighted by molar-refractivity contribution is -0.387. The summed E-state index contributed by atoms with van der Waals surface area (Å²) in [5.41, 5.74) is 1.84. The van der Waals surface area contributed by atoms with E-state index >= 15 is 0 Å². The molecule has 262 valence electrons. The minimum absolute atomic E-state index is 0.145. The lowest BCUT2D eigenvalue weighted by atomic mass is 9.94. The highest BCUT2D eigenvalue weighted by Crippen LogP contribution is 2.37. The Bertz CT molecular complexity index is 2410. The van der Waals surface area contributed by atoms with E-state index < -0.39 is 22.5 Å². The van der Waals surface area contributed by atoms with Crippen LogP contribution in [0.25, 0.3) is 17.5 Å². The van der Waals surface area contributed by atoms with E-state index in [-0.39, 0.29) is 27.6 Å². The van der Waals surface area contributed by atoms with E-state index in [4.69, 9.17) is 37.7 Å². The summed E-state index contributed by atoms with van der Waals surface area (Å²) in [5, 5.41) is 20.3. The van der Waals surface area contributed by atoms with Gasteiger partial charge in [0.05, 0.1) is 54.9 Å². The molecule has 0 bridgehead atoms. The molecule has 0 saturated heterocycles. The van der Waals surface area contributed by atoms with E-state index in [0.717, 1.165) is 23.1 Å². The molecule has 51 heavy (non-hydrogen) atoms. The molecule has 5 aromatic rings. The Morgan fingerprint density at radius 1 is 1.18 bits per heavy atom. The zero-order valence-electron chi connectivity index (χ0n) is 27.1. The molecule has 0 radical (unpaired) electrons. The second-order valence-corrected chi connectivity index (χ2v) is 14.7. The largest absolute Gasteiger partial charge is 0.496 e. The van der Waals surface area contributed by atoms with Crippen LogP contribution in [0.4, 0.5) is 5.69 Å². The minimum atomic E-state index is -0.840. The minimum Gasteiger partial charge on any atom is -0.496 e. The van der Waals surface area contributed by atoms with Gasteiger partial charge in [0, 0.05) is 16.7 Å². The molecule has 1 atom stereocenters. The average molecular weight is 831 g/mol. The zero-order valence-corrected chi connectivity index (χ0v) is 31.8. The number of rotatable bonds is 11. The fraction of sp³-hybridized carbons (Fsp3) is 0.206. The zero-order chi connectivity index (χ0) is 36.4. The number of hydrogen-bond acceptors (Lipinski definition) is 11. The van der Waals surface area contributed by atoms with E-state index in [1.54, 1.807) is 68.6 Å². The van der Waals surface area contributed by atoms with Crippen LogP contribution >= 0.6 is 62.2 Å². The lowest BCUT2D eigenvalue weighted by Crippen LogP contribution is -2.40. The fourth-order valence-corrected chi connectivity index (χ4v) is 8.36. The third-order valence-electron chi connectivity index (χ3n) is 7.71. The van der Waals surface area contributed by atoms with E-state index in [0.29, 0.717) is 71.0 Å². The summed E-state index contributed by atoms with van der Waals surface area (Å²) in [6.45, 7) is 3.84. The van der Waals surface area contributed by atoms with Gasteiger partial charge < -0.3 is 9.47 Å². The second-order valence-electron chi connectivity index (χ2n) is 11.0. The molecule has 3 aromatic carbocycles. The maximum absolute atomic E-state index is 14.2. The quantitative estimate of drug-likeness (QED) is 0.0810. The molecule has 0 unspecified atom stereocenters. The van der Waals surface area contributed by atoms with Gasteiger partial charge in [-0.15, -0.1) is 5.10 Å². The SMILES string of the molecule is CCCC1=C(C(=O)OCC)[C@H](c2ccc(OC)c(Br)c2)n2c(s/c(=C/c3ccc(Sc4n[nH]c(-c5ccc(Cl)cc5Cl)n4)c([N+](=O)[O-])c3)c2=O)=N1. The van der Waals surface area contributed by atoms with Gasteiger partial charge in [0.1, 0.15) is 5.75 Å². The summed E-state index contributed by atoms with van der Waals surface area (Å²) < 4.78 is 13.3. The highest BCUT2D eigenvalue weighted by Gasteiger charge is 2.34. The van der Waals surface area contributed by atoms with Crippen LogP contribution in [-0.4, -0.2) is 44.4 Å². The number of aromatic nitrogens is 4. The maximum Gasteiger partial charge on any atom is 0.338 e. The molecular weight excluding hydrogens is 803 g/mol. The van der Waals surface area contributed by atoms with Crippen LogP contribution in [0.15, 0.2) is 90.2 Å². The monoisotopic (exact) mass is 828 g/mol. The molecule has 0 saturated carbocycles. The van der Waals surface area contributed by atoms with E-state index in [2.05, 4.69) is 31.1 Å². The smallest absolute Gasteiger partial charge is 0.338 e. The number of esters is 1. The van der Waals surface area contributed by atoms with Crippen LogP contribution in [0.2, 0.25) is 10.0 Å². The molecule has 6 rings (SSSR count). The number of H-pyrrole nitrogens is 1. The number of nitro benzene ring substituents is 1. The van der Waals surface area contributed by atoms with E-state index in [9.17, 15) is 19.7 Å². The molecule has 3 heterocycles. The van der Waals surface area contributed by atoms with Gasteiger partial charge in [0.25, 0.3) is 11.2 Å². The predicted octanol–water partition coefficient (Wildman–Crippen LogP) is 7.50. The van der Waals surface area contributed by atoms with Gasteiger partial charge in [0.15, 0.2) is 10.6 Å². The molecule has 17 heteroatoms. The van der Waals surface area contributed by atoms with Gasteiger partial charge in [-0.2, -0.15) is 0 Å². The lowest BCUT2D eigenvalue weighted by Gasteiger charge is -2.26. The number of thiazole rings is 1. The number of methoxy groups -OCH3 is 1. The van der Waals surface area contributed by atoms with E-state index in [1.165, 1.54) is 10.6 Å². The van der Waals surface area contributed by atoms with Gasteiger partial charge in [-0.25, -0.2) is 14.8 Å². The molecule has 0 aliphatic carbocycles. The normalized spacial score (nSPS) is 14.3. The Morgan fingerprint density at radius 3 is 2.67 bits per heavy atom. The van der Waals surface area contributed by atoms with Crippen molar-refractivity contribution in [3.8, 4) is 17.1 Å². The molecule has 0 spiro atoms. The summed E-state index contributed by atoms with van der Waals surface area (Å²) in [6.07, 6.45) is 2.76. The molecule has 2 aromatic heterocycles. The molecule has 0 amide bonds.